The highest BCUT2D eigenvalue weighted by molar-refractivity contribution is 6.06. The van der Waals surface area contributed by atoms with E-state index in [4.69, 9.17) is 9.72 Å². The van der Waals surface area contributed by atoms with Crippen LogP contribution in [0.1, 0.15) is 15.9 Å². The molecule has 0 saturated carbocycles. The number of benzene rings is 3. The lowest BCUT2D eigenvalue weighted by molar-refractivity contribution is -0.134. The number of anilines is 1. The number of piperazine rings is 1. The van der Waals surface area contributed by atoms with E-state index in [0.29, 0.717) is 53.9 Å². The van der Waals surface area contributed by atoms with Crippen molar-refractivity contribution >= 4 is 28.5 Å². The molecule has 5 rings (SSSR count). The molecule has 182 valence electrons. The number of fused-ring (bicyclic) bond motifs is 1. The van der Waals surface area contributed by atoms with E-state index in [0.717, 1.165) is 11.3 Å². The molecule has 36 heavy (non-hydrogen) atoms. The largest absolute Gasteiger partial charge is 0.452 e. The van der Waals surface area contributed by atoms with Crippen molar-refractivity contribution in [3.05, 3.63) is 95.8 Å². The molecule has 6 nitrogen and oxygen atoms in total. The van der Waals surface area contributed by atoms with Crippen LogP contribution in [0.2, 0.25) is 0 Å². The van der Waals surface area contributed by atoms with Gasteiger partial charge in [0, 0.05) is 42.8 Å². The number of pyridine rings is 1. The predicted octanol–water partition coefficient (Wildman–Crippen LogP) is 4.85. The zero-order valence-corrected chi connectivity index (χ0v) is 20.0. The molecule has 1 amide bonds. The zero-order chi connectivity index (χ0) is 25.1. The predicted molar refractivity (Wildman–Crippen MR) is 137 cm³/mol. The molecule has 0 atom stereocenters. The molecule has 0 unspecified atom stereocenters. The monoisotopic (exact) mass is 483 g/mol. The van der Waals surface area contributed by atoms with Gasteiger partial charge in [0.15, 0.2) is 6.61 Å². The summed E-state index contributed by atoms with van der Waals surface area (Å²) in [6.07, 6.45) is 0. The Morgan fingerprint density at radius 3 is 2.28 bits per heavy atom. The van der Waals surface area contributed by atoms with Crippen LogP contribution in [-0.2, 0) is 9.53 Å². The average molecular weight is 484 g/mol. The van der Waals surface area contributed by atoms with Crippen LogP contribution < -0.4 is 4.90 Å². The van der Waals surface area contributed by atoms with Gasteiger partial charge in [-0.1, -0.05) is 48.5 Å². The summed E-state index contributed by atoms with van der Waals surface area (Å²) >= 11 is 0. The van der Waals surface area contributed by atoms with Gasteiger partial charge in [-0.2, -0.15) is 0 Å². The summed E-state index contributed by atoms with van der Waals surface area (Å²) in [7, 11) is 0. The average Bonchev–Trinajstić information content (AvgIpc) is 2.92. The van der Waals surface area contributed by atoms with Gasteiger partial charge in [-0.15, -0.1) is 0 Å². The van der Waals surface area contributed by atoms with Gasteiger partial charge >= 0.3 is 5.97 Å². The molecule has 1 aliphatic heterocycles. The maximum absolute atomic E-state index is 13.3. The molecule has 0 N–H and O–H groups in total. The SMILES string of the molecule is Cc1c(-c2ccccc2)nc2ccccc2c1C(=O)OCC(=O)N1CCN(c2ccc(F)cc2)CC1. The van der Waals surface area contributed by atoms with Gasteiger partial charge in [-0.05, 0) is 42.8 Å². The lowest BCUT2D eigenvalue weighted by Gasteiger charge is -2.36. The number of rotatable bonds is 5. The molecule has 0 aliphatic carbocycles. The third-order valence-electron chi connectivity index (χ3n) is 6.54. The van der Waals surface area contributed by atoms with Gasteiger partial charge in [-0.25, -0.2) is 14.2 Å². The summed E-state index contributed by atoms with van der Waals surface area (Å²) in [5.41, 5.74) is 4.37. The number of carbonyl (C=O) groups is 2. The van der Waals surface area contributed by atoms with Gasteiger partial charge in [0.2, 0.25) is 0 Å². The van der Waals surface area contributed by atoms with Crippen molar-refractivity contribution < 1.29 is 18.7 Å². The van der Waals surface area contributed by atoms with Crippen molar-refractivity contribution in [2.45, 2.75) is 6.92 Å². The van der Waals surface area contributed by atoms with Crippen molar-refractivity contribution in [3.8, 4) is 11.3 Å². The standard InChI is InChI=1S/C29H26FN3O3/c1-20-27(24-9-5-6-10-25(24)31-28(20)21-7-3-2-4-8-21)29(35)36-19-26(34)33-17-15-32(16-18-33)23-13-11-22(30)12-14-23/h2-14H,15-19H2,1H3. The van der Waals surface area contributed by atoms with Crippen LogP contribution in [0.25, 0.3) is 22.2 Å². The van der Waals surface area contributed by atoms with Crippen molar-refractivity contribution in [1.29, 1.82) is 0 Å². The molecule has 4 aromatic rings. The molecule has 0 bridgehead atoms. The topological polar surface area (TPSA) is 62.7 Å². The first-order valence-electron chi connectivity index (χ1n) is 11.9. The molecule has 1 saturated heterocycles. The van der Waals surface area contributed by atoms with E-state index in [-0.39, 0.29) is 18.3 Å². The summed E-state index contributed by atoms with van der Waals surface area (Å²) < 4.78 is 18.7. The van der Waals surface area contributed by atoms with Gasteiger partial charge in [-0.3, -0.25) is 4.79 Å². The number of nitrogens with zero attached hydrogens (tertiary/aromatic N) is 3. The van der Waals surface area contributed by atoms with E-state index in [9.17, 15) is 14.0 Å². The van der Waals surface area contributed by atoms with Gasteiger partial charge in [0.05, 0.1) is 16.8 Å². The normalized spacial score (nSPS) is 13.6. The fourth-order valence-electron chi connectivity index (χ4n) is 4.60. The van der Waals surface area contributed by atoms with Crippen LogP contribution in [0, 0.1) is 12.7 Å². The fourth-order valence-corrected chi connectivity index (χ4v) is 4.60. The number of esters is 1. The number of hydrogen-bond donors (Lipinski definition) is 0. The fraction of sp³-hybridized carbons (Fsp3) is 0.207. The number of para-hydroxylation sites is 1. The smallest absolute Gasteiger partial charge is 0.339 e. The number of amides is 1. The minimum absolute atomic E-state index is 0.235. The number of aromatic nitrogens is 1. The Bertz CT molecular complexity index is 1400. The van der Waals surface area contributed by atoms with Crippen LogP contribution >= 0.6 is 0 Å². The van der Waals surface area contributed by atoms with Gasteiger partial charge < -0.3 is 14.5 Å². The Kier molecular flexibility index (Phi) is 6.62. The highest BCUT2D eigenvalue weighted by Crippen LogP contribution is 2.30. The van der Waals surface area contributed by atoms with E-state index in [2.05, 4.69) is 4.90 Å². The number of hydrogen-bond acceptors (Lipinski definition) is 5. The maximum atomic E-state index is 13.3. The summed E-state index contributed by atoms with van der Waals surface area (Å²) in [6.45, 7) is 3.78. The molecule has 0 spiro atoms. The van der Waals surface area contributed by atoms with Gasteiger partial charge in [0.25, 0.3) is 5.91 Å². The van der Waals surface area contributed by atoms with E-state index >= 15 is 0 Å². The Morgan fingerprint density at radius 1 is 0.889 bits per heavy atom. The highest BCUT2D eigenvalue weighted by atomic mass is 19.1. The Hall–Kier alpha value is -4.26. The van der Waals surface area contributed by atoms with Crippen molar-refractivity contribution in [2.24, 2.45) is 0 Å². The number of halogens is 1. The first-order valence-corrected chi connectivity index (χ1v) is 11.9. The van der Waals surface area contributed by atoms with Crippen molar-refractivity contribution in [3.63, 3.8) is 0 Å². The number of ether oxygens (including phenoxy) is 1. The van der Waals surface area contributed by atoms with Crippen LogP contribution in [0.5, 0.6) is 0 Å². The van der Waals surface area contributed by atoms with E-state index in [1.54, 1.807) is 17.0 Å². The second-order valence-electron chi connectivity index (χ2n) is 8.76. The molecular formula is C29H26FN3O3. The van der Waals surface area contributed by atoms with Crippen LogP contribution in [0.3, 0.4) is 0 Å². The second kappa shape index (κ2) is 10.2. The molecule has 2 heterocycles. The zero-order valence-electron chi connectivity index (χ0n) is 20.0. The van der Waals surface area contributed by atoms with E-state index in [1.807, 2.05) is 61.5 Å². The number of carbonyl (C=O) groups excluding carboxylic acids is 2. The summed E-state index contributed by atoms with van der Waals surface area (Å²) in [5.74, 6) is -1.05. The molecule has 3 aromatic carbocycles. The molecule has 0 radical (unpaired) electrons. The van der Waals surface area contributed by atoms with Crippen LogP contribution in [-0.4, -0.2) is 54.5 Å². The minimum Gasteiger partial charge on any atom is -0.452 e. The van der Waals surface area contributed by atoms with Crippen molar-refractivity contribution in [2.75, 3.05) is 37.7 Å². The lowest BCUT2D eigenvalue weighted by atomic mass is 9.98. The molecule has 1 aliphatic rings. The van der Waals surface area contributed by atoms with Crippen molar-refractivity contribution in [1.82, 2.24) is 9.88 Å². The van der Waals surface area contributed by atoms with Crippen LogP contribution in [0.4, 0.5) is 10.1 Å². The summed E-state index contributed by atoms with van der Waals surface area (Å²) in [4.78, 5) is 34.7. The Balaban J connectivity index is 1.29. The third kappa shape index (κ3) is 4.77. The highest BCUT2D eigenvalue weighted by Gasteiger charge is 2.24. The van der Waals surface area contributed by atoms with Gasteiger partial charge in [0.1, 0.15) is 5.82 Å². The van der Waals surface area contributed by atoms with E-state index < -0.39 is 5.97 Å². The minimum atomic E-state index is -0.540. The second-order valence-corrected chi connectivity index (χ2v) is 8.76. The first kappa shape index (κ1) is 23.5. The lowest BCUT2D eigenvalue weighted by Crippen LogP contribution is -2.49. The summed E-state index contributed by atoms with van der Waals surface area (Å²) in [5, 5.41) is 0.694. The van der Waals surface area contributed by atoms with Crippen LogP contribution in [0.15, 0.2) is 78.9 Å². The third-order valence-corrected chi connectivity index (χ3v) is 6.54. The Labute approximate surface area is 208 Å². The maximum Gasteiger partial charge on any atom is 0.339 e. The molecule has 1 fully saturated rings. The molecule has 1 aromatic heterocycles. The quantitative estimate of drug-likeness (QED) is 0.380. The molecule has 7 heteroatoms. The van der Waals surface area contributed by atoms with E-state index in [1.165, 1.54) is 12.1 Å². The molecular weight excluding hydrogens is 457 g/mol. The Morgan fingerprint density at radius 2 is 1.56 bits per heavy atom. The first-order chi connectivity index (χ1) is 17.5. The summed E-state index contributed by atoms with van der Waals surface area (Å²) in [6, 6.07) is 23.5.